The highest BCUT2D eigenvalue weighted by molar-refractivity contribution is 7.46. The second kappa shape index (κ2) is 5.89. The number of aliphatic hydroxyl groups excluding tert-OH is 1. The molecule has 12 heteroatoms. The predicted molar refractivity (Wildman–Crippen MR) is 73.5 cm³/mol. The summed E-state index contributed by atoms with van der Waals surface area (Å²) in [6.07, 6.45) is -2.56. The maximum absolute atomic E-state index is 11.8. The van der Waals surface area contributed by atoms with Crippen molar-refractivity contribution in [1.29, 1.82) is 0 Å². The fourth-order valence-electron chi connectivity index (χ4n) is 2.13. The number of hydrogen-bond donors (Lipinski definition) is 4. The highest BCUT2D eigenvalue weighted by Gasteiger charge is 2.53. The van der Waals surface area contributed by atoms with Gasteiger partial charge in [0.05, 0.1) is 6.61 Å². The largest absolute Gasteiger partial charge is 0.469 e. The van der Waals surface area contributed by atoms with Gasteiger partial charge in [-0.05, 0) is 6.92 Å². The molecule has 0 spiro atoms. The lowest BCUT2D eigenvalue weighted by Crippen LogP contribution is -2.42. The van der Waals surface area contributed by atoms with Gasteiger partial charge >= 0.3 is 13.5 Å². The first-order valence-electron chi connectivity index (χ1n) is 6.06. The van der Waals surface area contributed by atoms with E-state index in [-0.39, 0.29) is 0 Å². The molecule has 0 bridgehead atoms. The molecule has 1 saturated heterocycles. The number of nitrogens with one attached hydrogen (secondary N) is 1. The summed E-state index contributed by atoms with van der Waals surface area (Å²) >= 11 is 6.20. The standard InChI is InChI=1S/C10H14ClN2O8P/c1-10(11)7(15)5(4-20-22(17,18)19)21-8(10)13-3-2-6(14)12-9(13)16/h2-3,5,7-8,15H,4H2,1H3,(H,12,14,16)(H2,17,18,19)/t5-,7-,8-,10-/m1/s1. The number of aromatic amines is 1. The number of halogens is 1. The third-order valence-corrected chi connectivity index (χ3v) is 4.12. The number of aromatic nitrogens is 2. The number of H-pyrrole nitrogens is 1. The molecule has 2 rings (SSSR count). The fraction of sp³-hybridized carbons (Fsp3) is 0.600. The van der Waals surface area contributed by atoms with Crippen LogP contribution >= 0.6 is 19.4 Å². The maximum Gasteiger partial charge on any atom is 0.469 e. The molecule has 0 unspecified atom stereocenters. The van der Waals surface area contributed by atoms with Gasteiger partial charge in [0.1, 0.15) is 17.1 Å². The van der Waals surface area contributed by atoms with Gasteiger partial charge < -0.3 is 19.6 Å². The summed E-state index contributed by atoms with van der Waals surface area (Å²) < 4.78 is 21.3. The Labute approximate surface area is 128 Å². The quantitative estimate of drug-likeness (QED) is 0.392. The van der Waals surface area contributed by atoms with E-state index in [1.807, 2.05) is 4.98 Å². The molecule has 0 amide bonds. The van der Waals surface area contributed by atoms with Crippen molar-refractivity contribution in [2.24, 2.45) is 0 Å². The first-order valence-corrected chi connectivity index (χ1v) is 7.97. The van der Waals surface area contributed by atoms with E-state index < -0.39 is 49.0 Å². The van der Waals surface area contributed by atoms with Crippen LogP contribution in [0.15, 0.2) is 21.9 Å². The summed E-state index contributed by atoms with van der Waals surface area (Å²) in [4.78, 5) is 40.7. The summed E-state index contributed by atoms with van der Waals surface area (Å²) in [6.45, 7) is 0.765. The lowest BCUT2D eigenvalue weighted by atomic mass is 10.0. The van der Waals surface area contributed by atoms with Crippen molar-refractivity contribution in [3.63, 3.8) is 0 Å². The van der Waals surface area contributed by atoms with Gasteiger partial charge in [0.15, 0.2) is 6.23 Å². The third kappa shape index (κ3) is 3.49. The van der Waals surface area contributed by atoms with Gasteiger partial charge in [0.2, 0.25) is 0 Å². The first kappa shape index (κ1) is 17.4. The van der Waals surface area contributed by atoms with E-state index in [1.54, 1.807) is 0 Å². The molecular weight excluding hydrogens is 343 g/mol. The van der Waals surface area contributed by atoms with Crippen LogP contribution in [-0.2, 0) is 13.8 Å². The summed E-state index contributed by atoms with van der Waals surface area (Å²) in [5.74, 6) is 0. The number of aliphatic hydroxyl groups is 1. The molecule has 1 fully saturated rings. The number of nitrogens with zero attached hydrogens (tertiary/aromatic N) is 1. The van der Waals surface area contributed by atoms with Gasteiger partial charge in [-0.1, -0.05) is 0 Å². The number of rotatable bonds is 4. The van der Waals surface area contributed by atoms with Gasteiger partial charge in [-0.3, -0.25) is 18.9 Å². The van der Waals surface area contributed by atoms with Crippen LogP contribution in [0, 0.1) is 0 Å². The van der Waals surface area contributed by atoms with E-state index >= 15 is 0 Å². The van der Waals surface area contributed by atoms with Gasteiger partial charge in [0, 0.05) is 12.3 Å². The van der Waals surface area contributed by atoms with Crippen molar-refractivity contribution in [2.75, 3.05) is 6.61 Å². The monoisotopic (exact) mass is 356 g/mol. The maximum atomic E-state index is 11.8. The normalized spacial score (nSPS) is 32.3. The Bertz CT molecular complexity index is 709. The Balaban J connectivity index is 2.28. The molecule has 10 nitrogen and oxygen atoms in total. The minimum Gasteiger partial charge on any atom is -0.388 e. The minimum absolute atomic E-state index is 0.613. The molecule has 0 aromatic carbocycles. The molecule has 4 atom stereocenters. The average Bonchev–Trinajstić information content (AvgIpc) is 2.59. The Morgan fingerprint density at radius 3 is 2.73 bits per heavy atom. The summed E-state index contributed by atoms with van der Waals surface area (Å²) in [6, 6.07) is 1.07. The zero-order valence-electron chi connectivity index (χ0n) is 11.2. The van der Waals surface area contributed by atoms with E-state index in [4.69, 9.17) is 26.1 Å². The Morgan fingerprint density at radius 1 is 1.55 bits per heavy atom. The summed E-state index contributed by atoms with van der Waals surface area (Å²) in [5.41, 5.74) is -1.41. The molecule has 1 aliphatic heterocycles. The molecule has 0 saturated carbocycles. The van der Waals surface area contributed by atoms with Crippen molar-refractivity contribution in [3.8, 4) is 0 Å². The highest BCUT2D eigenvalue weighted by Crippen LogP contribution is 2.44. The van der Waals surface area contributed by atoms with Crippen molar-refractivity contribution < 1.29 is 28.7 Å². The van der Waals surface area contributed by atoms with Crippen LogP contribution in [0.1, 0.15) is 13.2 Å². The molecule has 1 aromatic heterocycles. The van der Waals surface area contributed by atoms with Crippen molar-refractivity contribution in [1.82, 2.24) is 9.55 Å². The van der Waals surface area contributed by atoms with E-state index in [2.05, 4.69) is 4.52 Å². The lowest BCUT2D eigenvalue weighted by Gasteiger charge is -2.26. The predicted octanol–water partition coefficient (Wildman–Crippen LogP) is -1.10. The second-order valence-corrected chi connectivity index (χ2v) is 6.98. The van der Waals surface area contributed by atoms with Gasteiger partial charge in [0.25, 0.3) is 5.56 Å². The first-order chi connectivity index (χ1) is 10.0. The zero-order chi connectivity index (χ0) is 16.7. The minimum atomic E-state index is -4.74. The van der Waals surface area contributed by atoms with Gasteiger partial charge in [-0.2, -0.15) is 0 Å². The molecule has 0 aliphatic carbocycles. The van der Waals surface area contributed by atoms with E-state index in [1.165, 1.54) is 6.92 Å². The van der Waals surface area contributed by atoms with E-state index in [0.717, 1.165) is 16.8 Å². The topological polar surface area (TPSA) is 151 Å². The van der Waals surface area contributed by atoms with Crippen LogP contribution in [0.4, 0.5) is 0 Å². The molecule has 1 aliphatic rings. The average molecular weight is 357 g/mol. The molecule has 1 aromatic rings. The van der Waals surface area contributed by atoms with Crippen LogP contribution in [0.5, 0.6) is 0 Å². The van der Waals surface area contributed by atoms with Crippen molar-refractivity contribution >= 4 is 19.4 Å². The smallest absolute Gasteiger partial charge is 0.388 e. The Hall–Kier alpha value is -1.00. The van der Waals surface area contributed by atoms with Crippen LogP contribution in [0.3, 0.4) is 0 Å². The summed E-state index contributed by atoms with van der Waals surface area (Å²) in [5, 5.41) is 10.1. The highest BCUT2D eigenvalue weighted by atomic mass is 35.5. The van der Waals surface area contributed by atoms with E-state index in [9.17, 15) is 19.3 Å². The SMILES string of the molecule is C[C@@]1(Cl)[C@H](O)[C@@H](COP(=O)(O)O)O[C@H]1n1ccc(=O)[nH]c1=O. The lowest BCUT2D eigenvalue weighted by molar-refractivity contribution is -0.0461. The van der Waals surface area contributed by atoms with Crippen LogP contribution < -0.4 is 11.2 Å². The Kier molecular flexibility index (Phi) is 4.65. The number of alkyl halides is 1. The van der Waals surface area contributed by atoms with Crippen LogP contribution in [0.25, 0.3) is 0 Å². The van der Waals surface area contributed by atoms with Crippen molar-refractivity contribution in [3.05, 3.63) is 33.1 Å². The zero-order valence-corrected chi connectivity index (χ0v) is 12.9. The number of hydrogen-bond acceptors (Lipinski definition) is 6. The van der Waals surface area contributed by atoms with Gasteiger partial charge in [-0.25, -0.2) is 9.36 Å². The number of phosphoric acid groups is 1. The third-order valence-electron chi connectivity index (χ3n) is 3.23. The molecule has 0 radical (unpaired) electrons. The number of ether oxygens (including phenoxy) is 1. The van der Waals surface area contributed by atoms with Crippen LogP contribution in [0.2, 0.25) is 0 Å². The van der Waals surface area contributed by atoms with E-state index in [0.29, 0.717) is 0 Å². The second-order valence-electron chi connectivity index (χ2n) is 4.93. The molecule has 2 heterocycles. The fourth-order valence-corrected chi connectivity index (χ4v) is 2.77. The number of phosphoric ester groups is 1. The van der Waals surface area contributed by atoms with Crippen LogP contribution in [-0.4, -0.2) is 48.1 Å². The molecule has 124 valence electrons. The van der Waals surface area contributed by atoms with Gasteiger partial charge in [-0.15, -0.1) is 11.6 Å². The molecular formula is C10H14ClN2O8P. The molecule has 4 N–H and O–H groups in total. The summed E-state index contributed by atoms with van der Waals surface area (Å²) in [7, 11) is -4.74. The Morgan fingerprint density at radius 2 is 2.18 bits per heavy atom. The molecule has 22 heavy (non-hydrogen) atoms. The van der Waals surface area contributed by atoms with Crippen molar-refractivity contribution in [2.45, 2.75) is 30.2 Å².